The van der Waals surface area contributed by atoms with Crippen molar-refractivity contribution in [3.63, 3.8) is 0 Å². The molecule has 0 unspecified atom stereocenters. The zero-order chi connectivity index (χ0) is 15.3. The van der Waals surface area contributed by atoms with Crippen LogP contribution in [-0.2, 0) is 5.41 Å². The first-order chi connectivity index (χ1) is 11.3. The van der Waals surface area contributed by atoms with Gasteiger partial charge in [0.25, 0.3) is 0 Å². The van der Waals surface area contributed by atoms with Gasteiger partial charge in [-0.15, -0.1) is 0 Å². The van der Waals surface area contributed by atoms with Crippen LogP contribution in [0.2, 0.25) is 0 Å². The van der Waals surface area contributed by atoms with E-state index >= 15 is 0 Å². The third-order valence-electron chi connectivity index (χ3n) is 5.20. The highest BCUT2D eigenvalue weighted by molar-refractivity contribution is 5.73. The van der Waals surface area contributed by atoms with Crippen LogP contribution >= 0.6 is 0 Å². The molecular weight excluding hydrogens is 286 g/mol. The molecule has 1 aliphatic heterocycles. The highest BCUT2D eigenvalue weighted by Gasteiger charge is 2.38. The minimum atomic E-state index is 0.200. The second-order valence-electron chi connectivity index (χ2n) is 6.41. The van der Waals surface area contributed by atoms with Gasteiger partial charge in [0.2, 0.25) is 5.95 Å². The number of anilines is 1. The molecule has 5 heteroatoms. The maximum absolute atomic E-state index is 4.60. The van der Waals surface area contributed by atoms with Gasteiger partial charge in [-0.05, 0) is 24.0 Å². The fourth-order valence-electron chi connectivity index (χ4n) is 3.86. The Labute approximate surface area is 134 Å². The summed E-state index contributed by atoms with van der Waals surface area (Å²) in [5.41, 5.74) is 3.85. The van der Waals surface area contributed by atoms with Gasteiger partial charge < -0.3 is 4.90 Å². The van der Waals surface area contributed by atoms with Crippen molar-refractivity contribution in [1.29, 1.82) is 0 Å². The molecule has 2 aromatic heterocycles. The summed E-state index contributed by atoms with van der Waals surface area (Å²) in [5.74, 6) is 0.798. The first-order valence-corrected chi connectivity index (χ1v) is 8.04. The van der Waals surface area contributed by atoms with E-state index in [9.17, 15) is 0 Å². The smallest absolute Gasteiger partial charge is 0.227 e. The maximum atomic E-state index is 4.60. The zero-order valence-corrected chi connectivity index (χ0v) is 12.7. The highest BCUT2D eigenvalue weighted by Crippen LogP contribution is 2.43. The van der Waals surface area contributed by atoms with Gasteiger partial charge in [0, 0.05) is 24.7 Å². The summed E-state index contributed by atoms with van der Waals surface area (Å²) in [4.78, 5) is 11.4. The van der Waals surface area contributed by atoms with E-state index in [0.717, 1.165) is 42.9 Å². The predicted molar refractivity (Wildman–Crippen MR) is 90.3 cm³/mol. The van der Waals surface area contributed by atoms with E-state index in [1.165, 1.54) is 11.1 Å². The van der Waals surface area contributed by atoms with Crippen molar-refractivity contribution in [1.82, 2.24) is 20.2 Å². The monoisotopic (exact) mass is 303 g/mol. The van der Waals surface area contributed by atoms with E-state index in [1.807, 2.05) is 6.20 Å². The van der Waals surface area contributed by atoms with E-state index < -0.39 is 0 Å². The fourth-order valence-corrected chi connectivity index (χ4v) is 3.86. The molecule has 1 fully saturated rings. The Morgan fingerprint density at radius 1 is 1.09 bits per heavy atom. The average molecular weight is 303 g/mol. The Morgan fingerprint density at radius 2 is 1.96 bits per heavy atom. The second kappa shape index (κ2) is 4.65. The number of allylic oxidation sites excluding steroid dienone is 1. The molecule has 3 heterocycles. The normalized spacial score (nSPS) is 18.7. The number of hydrogen-bond acceptors (Lipinski definition) is 4. The SMILES string of the molecule is C1=CC2(CCN(c3ncc4cn[nH]c4n3)CC2)c2ccccc21. The number of H-pyrrole nitrogens is 1. The van der Waals surface area contributed by atoms with Crippen LogP contribution in [0.25, 0.3) is 17.1 Å². The number of benzene rings is 1. The summed E-state index contributed by atoms with van der Waals surface area (Å²) in [6.07, 6.45) is 10.5. The number of hydrogen-bond donors (Lipinski definition) is 1. The van der Waals surface area contributed by atoms with Gasteiger partial charge in [0.15, 0.2) is 5.65 Å². The molecule has 23 heavy (non-hydrogen) atoms. The van der Waals surface area contributed by atoms with Crippen LogP contribution in [-0.4, -0.2) is 33.3 Å². The number of nitrogens with one attached hydrogen (secondary N) is 1. The van der Waals surface area contributed by atoms with E-state index in [2.05, 4.69) is 61.5 Å². The molecule has 1 N–H and O–H groups in total. The lowest BCUT2D eigenvalue weighted by atomic mass is 9.74. The standard InChI is InChI=1S/C18H17N5/c1-2-4-15-13(3-1)5-6-18(15)7-9-23(10-8-18)17-19-11-14-12-20-22-16(14)21-17/h1-6,11-12H,7-10H2,(H,19,20,21,22). The highest BCUT2D eigenvalue weighted by atomic mass is 15.3. The van der Waals surface area contributed by atoms with Gasteiger partial charge in [0.1, 0.15) is 0 Å². The minimum absolute atomic E-state index is 0.200. The number of aromatic nitrogens is 4. The molecule has 1 spiro atoms. The van der Waals surface area contributed by atoms with Gasteiger partial charge in [-0.1, -0.05) is 36.4 Å². The van der Waals surface area contributed by atoms with Crippen LogP contribution in [0, 0.1) is 0 Å². The van der Waals surface area contributed by atoms with Crippen molar-refractivity contribution in [3.05, 3.63) is 53.9 Å². The molecule has 1 aliphatic carbocycles. The molecular formula is C18H17N5. The fraction of sp³-hybridized carbons (Fsp3) is 0.278. The number of fused-ring (bicyclic) bond motifs is 3. The quantitative estimate of drug-likeness (QED) is 0.751. The van der Waals surface area contributed by atoms with Crippen molar-refractivity contribution >= 4 is 23.1 Å². The van der Waals surface area contributed by atoms with Crippen molar-refractivity contribution in [2.45, 2.75) is 18.3 Å². The Bertz CT molecular complexity index is 902. The van der Waals surface area contributed by atoms with Crippen LogP contribution in [0.4, 0.5) is 5.95 Å². The van der Waals surface area contributed by atoms with E-state index in [-0.39, 0.29) is 5.41 Å². The molecule has 5 nitrogen and oxygen atoms in total. The van der Waals surface area contributed by atoms with Crippen molar-refractivity contribution in [2.24, 2.45) is 0 Å². The minimum Gasteiger partial charge on any atom is -0.341 e. The molecule has 0 radical (unpaired) electrons. The lowest BCUT2D eigenvalue weighted by molar-refractivity contribution is 0.408. The third-order valence-corrected chi connectivity index (χ3v) is 5.20. The summed E-state index contributed by atoms with van der Waals surface area (Å²) in [7, 11) is 0. The molecule has 0 amide bonds. The summed E-state index contributed by atoms with van der Waals surface area (Å²) in [6, 6.07) is 8.75. The summed E-state index contributed by atoms with van der Waals surface area (Å²) >= 11 is 0. The van der Waals surface area contributed by atoms with Gasteiger partial charge in [-0.25, -0.2) is 4.98 Å². The molecule has 5 rings (SSSR count). The number of aromatic amines is 1. The first-order valence-electron chi connectivity index (χ1n) is 8.04. The first kappa shape index (κ1) is 12.8. The summed E-state index contributed by atoms with van der Waals surface area (Å²) < 4.78 is 0. The number of rotatable bonds is 1. The van der Waals surface area contributed by atoms with Crippen molar-refractivity contribution < 1.29 is 0 Å². The van der Waals surface area contributed by atoms with E-state index in [1.54, 1.807) is 6.20 Å². The average Bonchev–Trinajstić information content (AvgIpc) is 3.21. The van der Waals surface area contributed by atoms with Crippen molar-refractivity contribution in [3.8, 4) is 0 Å². The Balaban J connectivity index is 1.41. The van der Waals surface area contributed by atoms with Gasteiger partial charge >= 0.3 is 0 Å². The van der Waals surface area contributed by atoms with E-state index in [0.29, 0.717) is 0 Å². The zero-order valence-electron chi connectivity index (χ0n) is 12.7. The topological polar surface area (TPSA) is 57.7 Å². The lowest BCUT2D eigenvalue weighted by Crippen LogP contribution is -2.41. The molecule has 0 bridgehead atoms. The maximum Gasteiger partial charge on any atom is 0.227 e. The van der Waals surface area contributed by atoms with Crippen LogP contribution in [0.1, 0.15) is 24.0 Å². The second-order valence-corrected chi connectivity index (χ2v) is 6.41. The molecule has 1 saturated heterocycles. The van der Waals surface area contributed by atoms with Gasteiger partial charge in [-0.2, -0.15) is 10.1 Å². The van der Waals surface area contributed by atoms with Crippen LogP contribution in [0.15, 0.2) is 42.7 Å². The summed E-state index contributed by atoms with van der Waals surface area (Å²) in [6.45, 7) is 1.94. The van der Waals surface area contributed by atoms with E-state index in [4.69, 9.17) is 0 Å². The Kier molecular flexibility index (Phi) is 2.59. The molecule has 2 aliphatic rings. The van der Waals surface area contributed by atoms with Crippen LogP contribution in [0.3, 0.4) is 0 Å². The molecule has 1 aromatic carbocycles. The molecule has 0 saturated carbocycles. The Morgan fingerprint density at radius 3 is 2.87 bits per heavy atom. The Hall–Kier alpha value is -2.69. The summed E-state index contributed by atoms with van der Waals surface area (Å²) in [5, 5.41) is 7.89. The van der Waals surface area contributed by atoms with Crippen LogP contribution in [0.5, 0.6) is 0 Å². The number of piperidine rings is 1. The number of nitrogens with zero attached hydrogens (tertiary/aromatic N) is 4. The molecule has 114 valence electrons. The van der Waals surface area contributed by atoms with Gasteiger partial charge in [-0.3, -0.25) is 5.10 Å². The van der Waals surface area contributed by atoms with Crippen molar-refractivity contribution in [2.75, 3.05) is 18.0 Å². The third kappa shape index (κ3) is 1.89. The lowest BCUT2D eigenvalue weighted by Gasteiger charge is -2.39. The van der Waals surface area contributed by atoms with Crippen LogP contribution < -0.4 is 4.90 Å². The van der Waals surface area contributed by atoms with Gasteiger partial charge in [0.05, 0.1) is 11.6 Å². The molecule has 0 atom stereocenters. The predicted octanol–water partition coefficient (Wildman–Crippen LogP) is 2.92. The largest absolute Gasteiger partial charge is 0.341 e. The molecule has 3 aromatic rings.